The van der Waals surface area contributed by atoms with Gasteiger partial charge in [0.15, 0.2) is 10.3 Å². The average molecular weight is 325 g/mol. The predicted octanol–water partition coefficient (Wildman–Crippen LogP) is 1.58. The molecule has 1 saturated heterocycles. The number of nitrogens with two attached hydrogens (primary N) is 1. The molecule has 3 rings (SSSR count). The van der Waals surface area contributed by atoms with Crippen LogP contribution in [0.5, 0.6) is 0 Å². The lowest BCUT2D eigenvalue weighted by Crippen LogP contribution is -2.36. The third-order valence-electron chi connectivity index (χ3n) is 2.97. The van der Waals surface area contributed by atoms with Gasteiger partial charge < -0.3 is 15.4 Å². The molecule has 3 N–H and O–H groups in total. The fourth-order valence-corrected chi connectivity index (χ4v) is 3.53. The van der Waals surface area contributed by atoms with Crippen molar-refractivity contribution in [1.29, 1.82) is 0 Å². The Morgan fingerprint density at radius 2 is 2.19 bits per heavy atom. The first-order valence-corrected chi connectivity index (χ1v) is 8.09. The number of nitrogens with zero attached hydrogens (tertiary/aromatic N) is 3. The smallest absolute Gasteiger partial charge is 0.271 e. The minimum Gasteiger partial charge on any atom is -0.382 e. The summed E-state index contributed by atoms with van der Waals surface area (Å²) in [5.41, 5.74) is 5.87. The molecule has 0 spiro atoms. The molecule has 0 saturated carbocycles. The van der Waals surface area contributed by atoms with Crippen LogP contribution in [0.25, 0.3) is 0 Å². The molecular weight excluding hydrogens is 310 g/mol. The Morgan fingerprint density at radius 1 is 1.43 bits per heavy atom. The number of nitrogens with one attached hydrogen (secondary N) is 1. The Morgan fingerprint density at radius 3 is 2.86 bits per heavy atom. The SMILES string of the molecule is Cc1cnc(NC(=O)c2sc(N3CCOCC3)nc2N)s1. The van der Waals surface area contributed by atoms with Gasteiger partial charge in [0.05, 0.1) is 13.2 Å². The molecule has 3 heterocycles. The van der Waals surface area contributed by atoms with Gasteiger partial charge in [-0.2, -0.15) is 0 Å². The van der Waals surface area contributed by atoms with E-state index in [0.717, 1.165) is 23.1 Å². The number of morpholine rings is 1. The Bertz CT molecular complexity index is 648. The number of nitrogen functional groups attached to an aromatic ring is 1. The zero-order valence-electron chi connectivity index (χ0n) is 11.5. The van der Waals surface area contributed by atoms with Crippen LogP contribution < -0.4 is 16.0 Å². The van der Waals surface area contributed by atoms with Crippen LogP contribution >= 0.6 is 22.7 Å². The largest absolute Gasteiger partial charge is 0.382 e. The first kappa shape index (κ1) is 14.2. The van der Waals surface area contributed by atoms with Crippen LogP contribution in [0.2, 0.25) is 0 Å². The number of carbonyl (C=O) groups excluding carboxylic acids is 1. The molecule has 1 aliphatic rings. The quantitative estimate of drug-likeness (QED) is 0.890. The van der Waals surface area contributed by atoms with Crippen molar-refractivity contribution in [2.75, 3.05) is 42.3 Å². The fourth-order valence-electron chi connectivity index (χ4n) is 1.94. The number of thiazole rings is 2. The van der Waals surface area contributed by atoms with E-state index in [2.05, 4.69) is 20.2 Å². The standard InChI is InChI=1S/C12H15N5O2S2/c1-7-6-14-11(20-7)16-10(18)8-9(13)15-12(21-8)17-2-4-19-5-3-17/h6H,2-5,13H2,1H3,(H,14,16,18). The number of anilines is 3. The maximum absolute atomic E-state index is 12.2. The number of carbonyl (C=O) groups is 1. The van der Waals surface area contributed by atoms with Crippen molar-refractivity contribution in [3.63, 3.8) is 0 Å². The summed E-state index contributed by atoms with van der Waals surface area (Å²) in [5, 5.41) is 4.08. The molecule has 2 aromatic rings. The number of hydrogen-bond donors (Lipinski definition) is 2. The first-order valence-electron chi connectivity index (χ1n) is 6.46. The van der Waals surface area contributed by atoms with E-state index in [1.807, 2.05) is 6.92 Å². The van der Waals surface area contributed by atoms with Crippen LogP contribution in [0.15, 0.2) is 6.20 Å². The molecule has 1 fully saturated rings. The molecule has 112 valence electrons. The van der Waals surface area contributed by atoms with Crippen LogP contribution in [0, 0.1) is 6.92 Å². The second kappa shape index (κ2) is 5.96. The third-order valence-corrected chi connectivity index (χ3v) is 4.93. The number of aryl methyl sites for hydroxylation is 1. The molecule has 0 aromatic carbocycles. The maximum Gasteiger partial charge on any atom is 0.271 e. The summed E-state index contributed by atoms with van der Waals surface area (Å²) in [4.78, 5) is 24.2. The fraction of sp³-hybridized carbons (Fsp3) is 0.417. The third kappa shape index (κ3) is 3.14. The Labute approximate surface area is 129 Å². The second-order valence-corrected chi connectivity index (χ2v) is 6.75. The van der Waals surface area contributed by atoms with E-state index in [4.69, 9.17) is 10.5 Å². The first-order chi connectivity index (χ1) is 10.1. The highest BCUT2D eigenvalue weighted by molar-refractivity contribution is 7.18. The molecule has 0 aliphatic carbocycles. The van der Waals surface area contributed by atoms with E-state index >= 15 is 0 Å². The minimum absolute atomic E-state index is 0.257. The van der Waals surface area contributed by atoms with Crippen molar-refractivity contribution < 1.29 is 9.53 Å². The van der Waals surface area contributed by atoms with Gasteiger partial charge in [-0.15, -0.1) is 11.3 Å². The van der Waals surface area contributed by atoms with Gasteiger partial charge in [0.1, 0.15) is 10.7 Å². The van der Waals surface area contributed by atoms with E-state index in [0.29, 0.717) is 23.2 Å². The highest BCUT2D eigenvalue weighted by Crippen LogP contribution is 2.29. The van der Waals surface area contributed by atoms with E-state index in [1.165, 1.54) is 22.7 Å². The summed E-state index contributed by atoms with van der Waals surface area (Å²) in [5.74, 6) is -0.00821. The van der Waals surface area contributed by atoms with Crippen molar-refractivity contribution in [1.82, 2.24) is 9.97 Å². The van der Waals surface area contributed by atoms with Crippen molar-refractivity contribution in [3.8, 4) is 0 Å². The van der Waals surface area contributed by atoms with Crippen LogP contribution in [0.1, 0.15) is 14.5 Å². The van der Waals surface area contributed by atoms with Gasteiger partial charge in [-0.1, -0.05) is 11.3 Å². The van der Waals surface area contributed by atoms with Crippen molar-refractivity contribution >= 4 is 44.7 Å². The van der Waals surface area contributed by atoms with E-state index in [9.17, 15) is 4.79 Å². The predicted molar refractivity (Wildman–Crippen MR) is 84.4 cm³/mol. The minimum atomic E-state index is -0.265. The topological polar surface area (TPSA) is 93.4 Å². The summed E-state index contributed by atoms with van der Waals surface area (Å²) in [6.07, 6.45) is 1.72. The monoisotopic (exact) mass is 325 g/mol. The normalized spacial score (nSPS) is 15.2. The van der Waals surface area contributed by atoms with Gasteiger partial charge in [0, 0.05) is 24.2 Å². The summed E-state index contributed by atoms with van der Waals surface area (Å²) in [7, 11) is 0. The molecule has 9 heteroatoms. The molecule has 0 bridgehead atoms. The molecule has 0 unspecified atom stereocenters. The second-order valence-electron chi connectivity index (χ2n) is 4.54. The maximum atomic E-state index is 12.2. The number of amides is 1. The van der Waals surface area contributed by atoms with Gasteiger partial charge in [-0.05, 0) is 6.92 Å². The number of rotatable bonds is 3. The molecular formula is C12H15N5O2S2. The molecule has 21 heavy (non-hydrogen) atoms. The molecule has 1 amide bonds. The van der Waals surface area contributed by atoms with E-state index in [-0.39, 0.29) is 11.7 Å². The number of hydrogen-bond acceptors (Lipinski definition) is 8. The highest BCUT2D eigenvalue weighted by Gasteiger charge is 2.21. The van der Waals surface area contributed by atoms with Gasteiger partial charge in [0.25, 0.3) is 5.91 Å². The summed E-state index contributed by atoms with van der Waals surface area (Å²) < 4.78 is 5.30. The highest BCUT2D eigenvalue weighted by atomic mass is 32.1. The van der Waals surface area contributed by atoms with Gasteiger partial charge in [0.2, 0.25) is 0 Å². The summed E-state index contributed by atoms with van der Waals surface area (Å²) in [6, 6.07) is 0. The van der Waals surface area contributed by atoms with Crippen molar-refractivity contribution in [2.24, 2.45) is 0 Å². The Kier molecular flexibility index (Phi) is 4.04. The van der Waals surface area contributed by atoms with Gasteiger partial charge in [-0.25, -0.2) is 9.97 Å². The lowest BCUT2D eigenvalue weighted by Gasteiger charge is -2.25. The molecule has 2 aromatic heterocycles. The van der Waals surface area contributed by atoms with Crippen LogP contribution in [0.4, 0.5) is 16.1 Å². The van der Waals surface area contributed by atoms with Gasteiger partial charge in [-0.3, -0.25) is 10.1 Å². The van der Waals surface area contributed by atoms with E-state index < -0.39 is 0 Å². The van der Waals surface area contributed by atoms with Crippen LogP contribution in [0.3, 0.4) is 0 Å². The molecule has 7 nitrogen and oxygen atoms in total. The molecule has 1 aliphatic heterocycles. The van der Waals surface area contributed by atoms with Crippen LogP contribution in [-0.2, 0) is 4.74 Å². The van der Waals surface area contributed by atoms with Crippen molar-refractivity contribution in [2.45, 2.75) is 6.92 Å². The average Bonchev–Trinajstić information content (AvgIpc) is 3.06. The number of aromatic nitrogens is 2. The van der Waals surface area contributed by atoms with Crippen LogP contribution in [-0.4, -0.2) is 42.2 Å². The lowest BCUT2D eigenvalue weighted by atomic mass is 10.4. The Hall–Kier alpha value is -1.71. The van der Waals surface area contributed by atoms with Gasteiger partial charge >= 0.3 is 0 Å². The number of ether oxygens (including phenoxy) is 1. The Balaban J connectivity index is 1.75. The summed E-state index contributed by atoms with van der Waals surface area (Å²) in [6.45, 7) is 4.79. The molecule has 0 radical (unpaired) electrons. The molecule has 0 atom stereocenters. The van der Waals surface area contributed by atoms with E-state index in [1.54, 1.807) is 6.20 Å². The zero-order chi connectivity index (χ0) is 14.8. The summed E-state index contributed by atoms with van der Waals surface area (Å²) >= 11 is 2.72. The lowest BCUT2D eigenvalue weighted by molar-refractivity contribution is 0.103. The zero-order valence-corrected chi connectivity index (χ0v) is 13.1. The van der Waals surface area contributed by atoms with Crippen molar-refractivity contribution in [3.05, 3.63) is 16.0 Å².